The van der Waals surface area contributed by atoms with Gasteiger partial charge in [-0.1, -0.05) is 27.7 Å². The molecule has 9 heteroatoms. The summed E-state index contributed by atoms with van der Waals surface area (Å²) >= 11 is 0. The van der Waals surface area contributed by atoms with Gasteiger partial charge in [-0.3, -0.25) is 14.4 Å². The molecule has 0 aromatic heterocycles. The van der Waals surface area contributed by atoms with Gasteiger partial charge < -0.3 is 26.0 Å². The zero-order chi connectivity index (χ0) is 23.2. The molecule has 172 valence electrons. The molecule has 3 atom stereocenters. The van der Waals surface area contributed by atoms with Gasteiger partial charge in [-0.25, -0.2) is 4.79 Å². The summed E-state index contributed by atoms with van der Waals surface area (Å²) in [4.78, 5) is 51.4. The van der Waals surface area contributed by atoms with E-state index < -0.39 is 41.6 Å². The van der Waals surface area contributed by atoms with Gasteiger partial charge >= 0.3 is 6.09 Å². The van der Waals surface area contributed by atoms with Crippen LogP contribution < -0.4 is 16.4 Å². The van der Waals surface area contributed by atoms with E-state index in [1.165, 1.54) is 4.90 Å². The Bertz CT molecular complexity index is 642. The summed E-state index contributed by atoms with van der Waals surface area (Å²) in [6.45, 7) is 13.1. The zero-order valence-electron chi connectivity index (χ0n) is 19.3. The molecule has 1 fully saturated rings. The van der Waals surface area contributed by atoms with Gasteiger partial charge in [0, 0.05) is 6.54 Å². The Labute approximate surface area is 179 Å². The third-order valence-electron chi connectivity index (χ3n) is 4.81. The molecule has 1 aliphatic rings. The first-order valence-corrected chi connectivity index (χ1v) is 10.6. The summed E-state index contributed by atoms with van der Waals surface area (Å²) in [5.41, 5.74) is 4.74. The van der Waals surface area contributed by atoms with Gasteiger partial charge in [0.1, 0.15) is 23.7 Å². The smallest absolute Gasteiger partial charge is 0.408 e. The molecule has 0 aromatic carbocycles. The molecule has 30 heavy (non-hydrogen) atoms. The molecule has 1 aliphatic heterocycles. The maximum absolute atomic E-state index is 13.1. The van der Waals surface area contributed by atoms with Gasteiger partial charge in [0.15, 0.2) is 0 Å². The second kappa shape index (κ2) is 10.6. The van der Waals surface area contributed by atoms with Crippen LogP contribution in [0.25, 0.3) is 0 Å². The highest BCUT2D eigenvalue weighted by Gasteiger charge is 2.38. The van der Waals surface area contributed by atoms with E-state index in [0.717, 1.165) is 0 Å². The predicted octanol–water partition coefficient (Wildman–Crippen LogP) is 1.54. The Morgan fingerprint density at radius 2 is 1.70 bits per heavy atom. The van der Waals surface area contributed by atoms with Crippen molar-refractivity contribution in [2.24, 2.45) is 17.6 Å². The summed E-state index contributed by atoms with van der Waals surface area (Å²) in [6, 6.07) is -2.32. The number of likely N-dealkylation sites (tertiary alicyclic amines) is 1. The molecule has 1 rings (SSSR count). The van der Waals surface area contributed by atoms with Gasteiger partial charge in [0.25, 0.3) is 0 Å². The lowest BCUT2D eigenvalue weighted by Crippen LogP contribution is -2.57. The van der Waals surface area contributed by atoms with Crippen molar-refractivity contribution in [1.82, 2.24) is 15.5 Å². The normalized spacial score (nSPS) is 18.8. The van der Waals surface area contributed by atoms with E-state index in [-0.39, 0.29) is 17.7 Å². The number of hydrogen-bond acceptors (Lipinski definition) is 5. The summed E-state index contributed by atoms with van der Waals surface area (Å²) in [5, 5.41) is 5.38. The fraction of sp³-hybridized carbons (Fsp3) is 0.810. The van der Waals surface area contributed by atoms with Crippen molar-refractivity contribution in [3.05, 3.63) is 0 Å². The highest BCUT2D eigenvalue weighted by Crippen LogP contribution is 2.20. The molecule has 0 aliphatic carbocycles. The number of nitrogens with zero attached hydrogens (tertiary/aromatic N) is 1. The molecule has 0 bridgehead atoms. The third kappa shape index (κ3) is 7.84. The number of nitrogens with one attached hydrogen (secondary N) is 2. The number of rotatable bonds is 8. The molecule has 4 amide bonds. The largest absolute Gasteiger partial charge is 0.444 e. The van der Waals surface area contributed by atoms with Crippen molar-refractivity contribution >= 4 is 23.8 Å². The van der Waals surface area contributed by atoms with Gasteiger partial charge in [0.2, 0.25) is 17.7 Å². The monoisotopic (exact) mass is 426 g/mol. The van der Waals surface area contributed by atoms with Crippen molar-refractivity contribution in [3.8, 4) is 0 Å². The first kappa shape index (κ1) is 25.7. The van der Waals surface area contributed by atoms with E-state index in [4.69, 9.17) is 10.5 Å². The Morgan fingerprint density at radius 1 is 1.10 bits per heavy atom. The van der Waals surface area contributed by atoms with Crippen LogP contribution in [0.3, 0.4) is 0 Å². The Balaban J connectivity index is 2.95. The second-order valence-electron chi connectivity index (χ2n) is 9.65. The van der Waals surface area contributed by atoms with Crippen molar-refractivity contribution in [2.45, 2.75) is 91.5 Å². The van der Waals surface area contributed by atoms with E-state index in [1.54, 1.807) is 34.6 Å². The number of alkyl carbamates (subject to hydrolysis) is 1. The van der Waals surface area contributed by atoms with Crippen LogP contribution >= 0.6 is 0 Å². The number of carbonyl (C=O) groups excluding carboxylic acids is 4. The van der Waals surface area contributed by atoms with Gasteiger partial charge in [-0.15, -0.1) is 0 Å². The SMILES string of the molecule is CC(C)C[C@@H](NC(=O)[C@H](NC(=O)OC(C)(C)C)C(C)C)C(=O)N1CCC[C@H]1C(N)=O. The molecule has 0 saturated carbocycles. The first-order chi connectivity index (χ1) is 13.7. The Morgan fingerprint density at radius 3 is 2.17 bits per heavy atom. The van der Waals surface area contributed by atoms with E-state index >= 15 is 0 Å². The first-order valence-electron chi connectivity index (χ1n) is 10.6. The van der Waals surface area contributed by atoms with E-state index in [1.807, 2.05) is 13.8 Å². The molecular weight excluding hydrogens is 388 g/mol. The number of ether oxygens (including phenoxy) is 1. The highest BCUT2D eigenvalue weighted by atomic mass is 16.6. The Kier molecular flexibility index (Phi) is 9.11. The summed E-state index contributed by atoms with van der Waals surface area (Å²) in [6.07, 6.45) is 0.926. The number of hydrogen-bond donors (Lipinski definition) is 3. The van der Waals surface area contributed by atoms with Crippen LogP contribution in [0.5, 0.6) is 0 Å². The van der Waals surface area contributed by atoms with Crippen molar-refractivity contribution in [2.75, 3.05) is 6.54 Å². The zero-order valence-corrected chi connectivity index (χ0v) is 19.3. The average Bonchev–Trinajstić information content (AvgIpc) is 3.06. The van der Waals surface area contributed by atoms with Crippen LogP contribution in [0, 0.1) is 11.8 Å². The van der Waals surface area contributed by atoms with E-state index in [9.17, 15) is 19.2 Å². The maximum atomic E-state index is 13.1. The second-order valence-corrected chi connectivity index (χ2v) is 9.65. The van der Waals surface area contributed by atoms with Crippen LogP contribution in [0.2, 0.25) is 0 Å². The van der Waals surface area contributed by atoms with E-state index in [2.05, 4.69) is 10.6 Å². The van der Waals surface area contributed by atoms with Gasteiger partial charge in [0.05, 0.1) is 0 Å². The van der Waals surface area contributed by atoms with Crippen LogP contribution in [0.15, 0.2) is 0 Å². The molecule has 0 radical (unpaired) electrons. The summed E-state index contributed by atoms with van der Waals surface area (Å²) in [5.74, 6) is -1.42. The molecule has 4 N–H and O–H groups in total. The Hall–Kier alpha value is -2.32. The summed E-state index contributed by atoms with van der Waals surface area (Å²) < 4.78 is 5.25. The molecule has 9 nitrogen and oxygen atoms in total. The standard InChI is InChI=1S/C21H38N4O5/c1-12(2)11-14(19(28)25-10-8-9-15(25)17(22)26)23-18(27)16(13(3)4)24-20(29)30-21(5,6)7/h12-16H,8-11H2,1-7H3,(H2,22,26)(H,23,27)(H,24,29)/t14-,15+,16-/m1/s1. The minimum atomic E-state index is -0.868. The minimum absolute atomic E-state index is 0.130. The molecular formula is C21H38N4O5. The number of amides is 4. The molecule has 0 spiro atoms. The van der Waals surface area contributed by atoms with E-state index in [0.29, 0.717) is 25.8 Å². The lowest BCUT2D eigenvalue weighted by atomic mass is 9.99. The fourth-order valence-corrected chi connectivity index (χ4v) is 3.45. The van der Waals surface area contributed by atoms with Crippen molar-refractivity contribution in [3.63, 3.8) is 0 Å². The fourth-order valence-electron chi connectivity index (χ4n) is 3.45. The van der Waals surface area contributed by atoms with Crippen LogP contribution in [0.4, 0.5) is 4.79 Å². The number of carbonyl (C=O) groups is 4. The lowest BCUT2D eigenvalue weighted by Gasteiger charge is -2.31. The average molecular weight is 427 g/mol. The van der Waals surface area contributed by atoms with Crippen molar-refractivity contribution < 1.29 is 23.9 Å². The predicted molar refractivity (Wildman–Crippen MR) is 113 cm³/mol. The lowest BCUT2D eigenvalue weighted by molar-refractivity contribution is -0.141. The van der Waals surface area contributed by atoms with Crippen LogP contribution in [-0.4, -0.2) is 59.0 Å². The highest BCUT2D eigenvalue weighted by molar-refractivity contribution is 5.94. The molecule has 1 heterocycles. The quantitative estimate of drug-likeness (QED) is 0.542. The number of primary amides is 1. The third-order valence-corrected chi connectivity index (χ3v) is 4.81. The summed E-state index contributed by atoms with van der Waals surface area (Å²) in [7, 11) is 0. The van der Waals surface area contributed by atoms with Gasteiger partial charge in [-0.05, 0) is 51.9 Å². The van der Waals surface area contributed by atoms with Crippen LogP contribution in [-0.2, 0) is 19.1 Å². The minimum Gasteiger partial charge on any atom is -0.444 e. The van der Waals surface area contributed by atoms with Gasteiger partial charge in [-0.2, -0.15) is 0 Å². The molecule has 0 unspecified atom stereocenters. The maximum Gasteiger partial charge on any atom is 0.408 e. The topological polar surface area (TPSA) is 131 Å². The van der Waals surface area contributed by atoms with Crippen molar-refractivity contribution in [1.29, 1.82) is 0 Å². The molecule has 0 aromatic rings. The molecule has 1 saturated heterocycles. The number of nitrogens with two attached hydrogens (primary N) is 1. The van der Waals surface area contributed by atoms with Crippen LogP contribution in [0.1, 0.15) is 67.7 Å².